The molecule has 0 saturated carbocycles. The van der Waals surface area contributed by atoms with Crippen molar-refractivity contribution in [3.05, 3.63) is 23.3 Å². The minimum Gasteiger partial charge on any atom is -0.322 e. The summed E-state index contributed by atoms with van der Waals surface area (Å²) in [5.74, 6) is 0. The van der Waals surface area contributed by atoms with Crippen LogP contribution < -0.4 is 0 Å². The zero-order chi connectivity index (χ0) is 6.69. The summed E-state index contributed by atoms with van der Waals surface area (Å²) in [6.45, 7) is 2.15. The van der Waals surface area contributed by atoms with Gasteiger partial charge < -0.3 is 4.31 Å². The summed E-state index contributed by atoms with van der Waals surface area (Å²) in [7, 11) is 2.05. The van der Waals surface area contributed by atoms with Crippen molar-refractivity contribution in [2.75, 3.05) is 7.05 Å². The highest BCUT2D eigenvalue weighted by Crippen LogP contribution is 2.27. The standard InChI is InChI=1S/C7H11NS/c1-3-4-7-5-6-8(2)9-7/h4-6H,3H2,1-2H3. The average molecular weight is 141 g/mol. The van der Waals surface area contributed by atoms with E-state index in [0.717, 1.165) is 6.42 Å². The van der Waals surface area contributed by atoms with Crippen LogP contribution in [0.4, 0.5) is 0 Å². The Morgan fingerprint density at radius 2 is 2.56 bits per heavy atom. The van der Waals surface area contributed by atoms with E-state index in [1.165, 1.54) is 4.91 Å². The van der Waals surface area contributed by atoms with Gasteiger partial charge in [0.2, 0.25) is 0 Å². The zero-order valence-electron chi connectivity index (χ0n) is 5.79. The monoisotopic (exact) mass is 141 g/mol. The highest BCUT2D eigenvalue weighted by molar-refractivity contribution is 8.01. The summed E-state index contributed by atoms with van der Waals surface area (Å²) >= 11 is 1.77. The SMILES string of the molecule is CCC=C1C=CN(C)S1. The molecule has 0 aromatic rings. The fourth-order valence-electron chi connectivity index (χ4n) is 0.712. The summed E-state index contributed by atoms with van der Waals surface area (Å²) in [4.78, 5) is 1.36. The fourth-order valence-corrected chi connectivity index (χ4v) is 1.53. The van der Waals surface area contributed by atoms with Gasteiger partial charge in [0.05, 0.1) is 0 Å². The van der Waals surface area contributed by atoms with E-state index in [1.54, 1.807) is 11.9 Å². The van der Waals surface area contributed by atoms with Crippen molar-refractivity contribution in [3.8, 4) is 0 Å². The number of allylic oxidation sites excluding steroid dienone is 2. The van der Waals surface area contributed by atoms with E-state index in [2.05, 4.69) is 36.6 Å². The second-order valence-electron chi connectivity index (χ2n) is 1.97. The van der Waals surface area contributed by atoms with Gasteiger partial charge in [-0.3, -0.25) is 0 Å². The lowest BCUT2D eigenvalue weighted by Crippen LogP contribution is -1.90. The highest BCUT2D eigenvalue weighted by Gasteiger charge is 2.02. The van der Waals surface area contributed by atoms with Crippen LogP contribution in [0.2, 0.25) is 0 Å². The van der Waals surface area contributed by atoms with E-state index in [9.17, 15) is 0 Å². The zero-order valence-corrected chi connectivity index (χ0v) is 6.61. The molecule has 0 bridgehead atoms. The lowest BCUT2D eigenvalue weighted by atomic mass is 10.4. The third-order valence-corrected chi connectivity index (χ3v) is 2.03. The molecule has 0 unspecified atom stereocenters. The molecule has 9 heavy (non-hydrogen) atoms. The third kappa shape index (κ3) is 1.79. The molecule has 1 rings (SSSR count). The van der Waals surface area contributed by atoms with Crippen LogP contribution >= 0.6 is 11.9 Å². The number of hydrogen-bond donors (Lipinski definition) is 0. The van der Waals surface area contributed by atoms with Gasteiger partial charge in [-0.05, 0) is 24.4 Å². The molecule has 0 spiro atoms. The molecule has 1 heterocycles. The Balaban J connectivity index is 2.50. The number of hydrogen-bond acceptors (Lipinski definition) is 2. The van der Waals surface area contributed by atoms with E-state index in [4.69, 9.17) is 0 Å². The first-order chi connectivity index (χ1) is 4.33. The molecule has 0 atom stereocenters. The van der Waals surface area contributed by atoms with Crippen LogP contribution in [-0.4, -0.2) is 11.4 Å². The molecule has 0 radical (unpaired) electrons. The first-order valence-electron chi connectivity index (χ1n) is 3.12. The van der Waals surface area contributed by atoms with E-state index in [0.29, 0.717) is 0 Å². The minimum atomic E-state index is 1.13. The second-order valence-corrected chi connectivity index (χ2v) is 3.20. The second kappa shape index (κ2) is 2.97. The van der Waals surface area contributed by atoms with Crippen LogP contribution in [-0.2, 0) is 0 Å². The summed E-state index contributed by atoms with van der Waals surface area (Å²) in [5, 5.41) is 0. The maximum Gasteiger partial charge on any atom is 0.0261 e. The number of rotatable bonds is 1. The molecule has 1 aliphatic rings. The topological polar surface area (TPSA) is 3.24 Å². The van der Waals surface area contributed by atoms with Crippen LogP contribution in [0.1, 0.15) is 13.3 Å². The van der Waals surface area contributed by atoms with Gasteiger partial charge in [0.1, 0.15) is 0 Å². The highest BCUT2D eigenvalue weighted by atomic mass is 32.2. The van der Waals surface area contributed by atoms with E-state index in [1.807, 2.05) is 0 Å². The van der Waals surface area contributed by atoms with Crippen LogP contribution in [0.5, 0.6) is 0 Å². The lowest BCUT2D eigenvalue weighted by molar-refractivity contribution is 0.789. The maximum atomic E-state index is 2.23. The van der Waals surface area contributed by atoms with Gasteiger partial charge >= 0.3 is 0 Å². The maximum absolute atomic E-state index is 2.23. The molecule has 1 aliphatic heterocycles. The first-order valence-corrected chi connectivity index (χ1v) is 3.89. The normalized spacial score (nSPS) is 22.0. The molecule has 0 aromatic heterocycles. The summed E-state index contributed by atoms with van der Waals surface area (Å²) in [6.07, 6.45) is 7.56. The molecular weight excluding hydrogens is 130 g/mol. The van der Waals surface area contributed by atoms with Gasteiger partial charge in [-0.25, -0.2) is 0 Å². The lowest BCUT2D eigenvalue weighted by Gasteiger charge is -2.02. The molecule has 0 N–H and O–H groups in total. The predicted octanol–water partition coefficient (Wildman–Crippen LogP) is 2.39. The Labute approximate surface area is 60.6 Å². The fraction of sp³-hybridized carbons (Fsp3) is 0.429. The summed E-state index contributed by atoms with van der Waals surface area (Å²) < 4.78 is 2.10. The molecular formula is C7H11NS. The third-order valence-electron chi connectivity index (χ3n) is 1.10. The quantitative estimate of drug-likeness (QED) is 0.516. The van der Waals surface area contributed by atoms with Gasteiger partial charge in [-0.1, -0.05) is 13.0 Å². The Hall–Kier alpha value is -0.370. The van der Waals surface area contributed by atoms with E-state index in [-0.39, 0.29) is 0 Å². The molecule has 2 heteroatoms. The van der Waals surface area contributed by atoms with Crippen LogP contribution in [0.25, 0.3) is 0 Å². The van der Waals surface area contributed by atoms with Gasteiger partial charge in [-0.15, -0.1) is 0 Å². The van der Waals surface area contributed by atoms with Crippen LogP contribution in [0.3, 0.4) is 0 Å². The Kier molecular flexibility index (Phi) is 2.22. The van der Waals surface area contributed by atoms with Crippen molar-refractivity contribution in [1.29, 1.82) is 0 Å². The largest absolute Gasteiger partial charge is 0.322 e. The smallest absolute Gasteiger partial charge is 0.0261 e. The van der Waals surface area contributed by atoms with Crippen LogP contribution in [0, 0.1) is 0 Å². The Morgan fingerprint density at radius 3 is 3.00 bits per heavy atom. The van der Waals surface area contributed by atoms with Crippen molar-refractivity contribution in [2.45, 2.75) is 13.3 Å². The van der Waals surface area contributed by atoms with Gasteiger partial charge in [0, 0.05) is 18.2 Å². The Morgan fingerprint density at radius 1 is 1.78 bits per heavy atom. The summed E-state index contributed by atoms with van der Waals surface area (Å²) in [6, 6.07) is 0. The van der Waals surface area contributed by atoms with Crippen molar-refractivity contribution in [2.24, 2.45) is 0 Å². The molecule has 50 valence electrons. The van der Waals surface area contributed by atoms with E-state index >= 15 is 0 Å². The van der Waals surface area contributed by atoms with Crippen molar-refractivity contribution in [3.63, 3.8) is 0 Å². The van der Waals surface area contributed by atoms with Crippen molar-refractivity contribution in [1.82, 2.24) is 4.31 Å². The minimum absolute atomic E-state index is 1.13. The Bertz CT molecular complexity index is 149. The average Bonchev–Trinajstić information content (AvgIpc) is 2.17. The number of nitrogens with zero attached hydrogens (tertiary/aromatic N) is 1. The van der Waals surface area contributed by atoms with Gasteiger partial charge in [0.25, 0.3) is 0 Å². The molecule has 0 aromatic carbocycles. The summed E-state index contributed by atoms with van der Waals surface area (Å²) in [5.41, 5.74) is 0. The van der Waals surface area contributed by atoms with E-state index < -0.39 is 0 Å². The molecule has 0 amide bonds. The molecule has 0 aliphatic carbocycles. The predicted molar refractivity (Wildman–Crippen MR) is 42.9 cm³/mol. The van der Waals surface area contributed by atoms with Gasteiger partial charge in [-0.2, -0.15) is 0 Å². The van der Waals surface area contributed by atoms with Crippen molar-refractivity contribution >= 4 is 11.9 Å². The van der Waals surface area contributed by atoms with Gasteiger partial charge in [0.15, 0.2) is 0 Å². The van der Waals surface area contributed by atoms with Crippen molar-refractivity contribution < 1.29 is 0 Å². The molecule has 0 saturated heterocycles. The van der Waals surface area contributed by atoms with Crippen LogP contribution in [0.15, 0.2) is 23.3 Å². The first kappa shape index (κ1) is 6.75. The molecule has 1 nitrogen and oxygen atoms in total. The molecule has 0 fully saturated rings.